The number of rotatable bonds is 7. The van der Waals surface area contributed by atoms with E-state index in [4.69, 9.17) is 4.74 Å². The zero-order valence-corrected chi connectivity index (χ0v) is 16.5. The van der Waals surface area contributed by atoms with Crippen LogP contribution in [0.25, 0.3) is 11.0 Å². The van der Waals surface area contributed by atoms with Crippen molar-refractivity contribution in [3.8, 4) is 0 Å². The van der Waals surface area contributed by atoms with Crippen LogP contribution >= 0.6 is 21.6 Å². The fourth-order valence-electron chi connectivity index (χ4n) is 3.50. The molecule has 2 saturated heterocycles. The summed E-state index contributed by atoms with van der Waals surface area (Å²) < 4.78 is 5.69. The maximum atomic E-state index is 12.2. The lowest BCUT2D eigenvalue weighted by molar-refractivity contribution is -0.116. The summed E-state index contributed by atoms with van der Waals surface area (Å²) in [5, 5.41) is 3.81. The average Bonchev–Trinajstić information content (AvgIpc) is 3.39. The van der Waals surface area contributed by atoms with Gasteiger partial charge in [-0.1, -0.05) is 28.0 Å². The van der Waals surface area contributed by atoms with E-state index in [0.29, 0.717) is 6.42 Å². The monoisotopic (exact) mass is 391 g/mol. The molecule has 2 fully saturated rings. The number of H-pyrrole nitrogens is 1. The van der Waals surface area contributed by atoms with E-state index in [2.05, 4.69) is 15.3 Å². The van der Waals surface area contributed by atoms with Gasteiger partial charge in [-0.25, -0.2) is 4.98 Å². The molecule has 7 heteroatoms. The molecule has 0 aliphatic carbocycles. The summed E-state index contributed by atoms with van der Waals surface area (Å²) in [6.45, 7) is 0.807. The number of carbonyl (C=O) groups excluding carboxylic acids is 1. The number of aromatic nitrogens is 2. The Morgan fingerprint density at radius 1 is 1.35 bits per heavy atom. The van der Waals surface area contributed by atoms with Crippen LogP contribution in [0.5, 0.6) is 0 Å². The van der Waals surface area contributed by atoms with Crippen molar-refractivity contribution in [2.24, 2.45) is 0 Å². The number of nitrogens with one attached hydrogen (secondary N) is 2. The number of benzene rings is 1. The largest absolute Gasteiger partial charge is 0.370 e. The molecule has 0 saturated carbocycles. The fraction of sp³-hybridized carbons (Fsp3) is 0.579. The number of ether oxygens (including phenoxy) is 1. The van der Waals surface area contributed by atoms with Crippen molar-refractivity contribution in [1.29, 1.82) is 0 Å². The molecule has 1 aromatic heterocycles. The van der Waals surface area contributed by atoms with Crippen LogP contribution in [-0.2, 0) is 9.53 Å². The molecule has 0 spiro atoms. The molecule has 1 amide bonds. The van der Waals surface area contributed by atoms with E-state index in [-0.39, 0.29) is 12.0 Å². The number of hydrogen-bond acceptors (Lipinski definition) is 5. The molecule has 2 aliphatic rings. The van der Waals surface area contributed by atoms with Gasteiger partial charge in [0.05, 0.1) is 11.0 Å². The van der Waals surface area contributed by atoms with Crippen molar-refractivity contribution >= 4 is 44.2 Å². The van der Waals surface area contributed by atoms with Gasteiger partial charge >= 0.3 is 0 Å². The van der Waals surface area contributed by atoms with Crippen LogP contribution in [0.3, 0.4) is 0 Å². The molecule has 2 aliphatic heterocycles. The maximum Gasteiger partial charge on any atom is 0.224 e. The van der Waals surface area contributed by atoms with E-state index in [1.807, 2.05) is 39.8 Å². The molecule has 2 unspecified atom stereocenters. The fourth-order valence-corrected chi connectivity index (χ4v) is 6.53. The first kappa shape index (κ1) is 18.2. The van der Waals surface area contributed by atoms with E-state index in [0.717, 1.165) is 60.1 Å². The van der Waals surface area contributed by atoms with E-state index < -0.39 is 0 Å². The van der Waals surface area contributed by atoms with E-state index >= 15 is 0 Å². The number of carbonyl (C=O) groups is 1. The minimum atomic E-state index is 0.0804. The summed E-state index contributed by atoms with van der Waals surface area (Å²) in [5.74, 6) is 2.26. The van der Waals surface area contributed by atoms with Gasteiger partial charge in [0.2, 0.25) is 5.91 Å². The highest BCUT2D eigenvalue weighted by molar-refractivity contribution is 8.77. The van der Waals surface area contributed by atoms with Crippen LogP contribution in [0.2, 0.25) is 0 Å². The molecule has 2 atom stereocenters. The first-order valence-electron chi connectivity index (χ1n) is 9.47. The van der Waals surface area contributed by atoms with Crippen molar-refractivity contribution in [1.82, 2.24) is 9.97 Å². The number of aromatic amines is 1. The minimum Gasteiger partial charge on any atom is -0.370 e. The van der Waals surface area contributed by atoms with Crippen LogP contribution < -0.4 is 5.32 Å². The molecule has 3 heterocycles. The van der Waals surface area contributed by atoms with Gasteiger partial charge in [-0.15, -0.1) is 0 Å². The van der Waals surface area contributed by atoms with Gasteiger partial charge in [0.1, 0.15) is 11.9 Å². The van der Waals surface area contributed by atoms with Crippen molar-refractivity contribution in [3.05, 3.63) is 24.0 Å². The summed E-state index contributed by atoms with van der Waals surface area (Å²) in [4.78, 5) is 20.2. The van der Waals surface area contributed by atoms with Crippen LogP contribution in [-0.4, -0.2) is 33.5 Å². The highest BCUT2D eigenvalue weighted by Gasteiger charge is 2.21. The third kappa shape index (κ3) is 4.56. The summed E-state index contributed by atoms with van der Waals surface area (Å²) in [5.41, 5.74) is 2.69. The zero-order valence-electron chi connectivity index (χ0n) is 14.8. The van der Waals surface area contributed by atoms with E-state index in [9.17, 15) is 4.79 Å². The van der Waals surface area contributed by atoms with Crippen LogP contribution in [0.4, 0.5) is 5.69 Å². The maximum absolute atomic E-state index is 12.2. The van der Waals surface area contributed by atoms with Gasteiger partial charge in [0.15, 0.2) is 0 Å². The smallest absolute Gasteiger partial charge is 0.224 e. The molecule has 26 heavy (non-hydrogen) atoms. The molecule has 5 nitrogen and oxygen atoms in total. The predicted octanol–water partition coefficient (Wildman–Crippen LogP) is 5.07. The van der Waals surface area contributed by atoms with E-state index in [1.54, 1.807) is 0 Å². The number of nitrogens with zero attached hydrogens (tertiary/aromatic N) is 1. The Balaban J connectivity index is 1.28. The van der Waals surface area contributed by atoms with Gasteiger partial charge < -0.3 is 15.0 Å². The lowest BCUT2D eigenvalue weighted by Crippen LogP contribution is -2.11. The first-order valence-corrected chi connectivity index (χ1v) is 11.9. The number of hydrogen-bond donors (Lipinski definition) is 2. The SMILES string of the molecule is O=C(CCCCC1CCSS1)Nc1ccc2nc(C3CCCO3)[nH]c2c1. The Kier molecular flexibility index (Phi) is 6.07. The second kappa shape index (κ2) is 8.67. The van der Waals surface area contributed by atoms with Gasteiger partial charge in [-0.05, 0) is 50.3 Å². The normalized spacial score (nSPS) is 22.9. The number of anilines is 1. The summed E-state index contributed by atoms with van der Waals surface area (Å²) in [6.07, 6.45) is 7.42. The molecule has 0 radical (unpaired) electrons. The number of unbranched alkanes of at least 4 members (excludes halogenated alkanes) is 1. The van der Waals surface area contributed by atoms with Crippen molar-refractivity contribution in [2.45, 2.75) is 56.3 Å². The summed E-state index contributed by atoms with van der Waals surface area (Å²) in [7, 11) is 3.99. The standard InChI is InChI=1S/C19H25N3O2S2/c23-18(6-2-1-4-14-9-11-25-26-14)20-13-7-8-15-16(12-13)22-19(21-15)17-5-3-10-24-17/h7-8,12,14,17H,1-6,9-11H2,(H,20,23)(H,21,22). The minimum absolute atomic E-state index is 0.0804. The number of fused-ring (bicyclic) bond motifs is 1. The zero-order chi connectivity index (χ0) is 17.8. The molecular weight excluding hydrogens is 366 g/mol. The molecule has 0 bridgehead atoms. The number of imidazole rings is 1. The van der Waals surface area contributed by atoms with Crippen molar-refractivity contribution in [2.75, 3.05) is 17.7 Å². The predicted molar refractivity (Wildman–Crippen MR) is 110 cm³/mol. The summed E-state index contributed by atoms with van der Waals surface area (Å²) >= 11 is 0. The quantitative estimate of drug-likeness (QED) is 0.510. The molecular formula is C19H25N3O2S2. The van der Waals surface area contributed by atoms with Crippen LogP contribution in [0.1, 0.15) is 56.9 Å². The highest BCUT2D eigenvalue weighted by Crippen LogP contribution is 2.39. The van der Waals surface area contributed by atoms with Crippen molar-refractivity contribution < 1.29 is 9.53 Å². The van der Waals surface area contributed by atoms with E-state index in [1.165, 1.54) is 18.6 Å². The average molecular weight is 392 g/mol. The molecule has 4 rings (SSSR count). The lowest BCUT2D eigenvalue weighted by Gasteiger charge is -2.07. The Morgan fingerprint density at radius 2 is 2.31 bits per heavy atom. The molecule has 2 aromatic rings. The molecule has 1 aromatic carbocycles. The van der Waals surface area contributed by atoms with Gasteiger partial charge in [0.25, 0.3) is 0 Å². The topological polar surface area (TPSA) is 67.0 Å². The van der Waals surface area contributed by atoms with Gasteiger partial charge in [-0.2, -0.15) is 0 Å². The third-order valence-corrected chi connectivity index (χ3v) is 7.93. The Labute approximate surface area is 161 Å². The van der Waals surface area contributed by atoms with Crippen LogP contribution in [0, 0.1) is 0 Å². The van der Waals surface area contributed by atoms with Crippen molar-refractivity contribution in [3.63, 3.8) is 0 Å². The highest BCUT2D eigenvalue weighted by atomic mass is 33.1. The number of amides is 1. The first-order chi connectivity index (χ1) is 12.8. The second-order valence-corrected chi connectivity index (χ2v) is 9.77. The third-order valence-electron chi connectivity index (χ3n) is 4.93. The van der Waals surface area contributed by atoms with Gasteiger partial charge in [0, 0.05) is 29.7 Å². The Morgan fingerprint density at radius 3 is 3.12 bits per heavy atom. The molecule has 140 valence electrons. The van der Waals surface area contributed by atoms with Crippen LogP contribution in [0.15, 0.2) is 18.2 Å². The summed E-state index contributed by atoms with van der Waals surface area (Å²) in [6, 6.07) is 5.84. The lowest BCUT2D eigenvalue weighted by atomic mass is 10.1. The Hall–Kier alpha value is -1.18. The molecule has 2 N–H and O–H groups in total. The second-order valence-electron chi connectivity index (χ2n) is 6.98. The van der Waals surface area contributed by atoms with Gasteiger partial charge in [-0.3, -0.25) is 4.79 Å². The Bertz CT molecular complexity index is 752.